The van der Waals surface area contributed by atoms with Crippen molar-refractivity contribution in [2.24, 2.45) is 0 Å². The smallest absolute Gasteiger partial charge is 0.410 e. The van der Waals surface area contributed by atoms with E-state index in [0.29, 0.717) is 24.6 Å². The highest BCUT2D eigenvalue weighted by molar-refractivity contribution is 7.80. The molecule has 1 saturated heterocycles. The number of carbonyl (C=O) groups excluding carboxylic acids is 1. The van der Waals surface area contributed by atoms with Gasteiger partial charge in [-0.1, -0.05) is 54.7 Å². The van der Waals surface area contributed by atoms with Crippen LogP contribution in [0.3, 0.4) is 0 Å². The Bertz CT molecular complexity index is 900. The van der Waals surface area contributed by atoms with E-state index in [-0.39, 0.29) is 11.5 Å². The van der Waals surface area contributed by atoms with Crippen molar-refractivity contribution in [1.29, 1.82) is 0 Å². The molecule has 0 spiro atoms. The van der Waals surface area contributed by atoms with Crippen molar-refractivity contribution in [3.05, 3.63) is 65.7 Å². The average molecular weight is 441 g/mol. The quantitative estimate of drug-likeness (QED) is 0.668. The van der Waals surface area contributed by atoms with E-state index in [1.807, 2.05) is 56.0 Å². The number of benzene rings is 2. The number of rotatable bonds is 5. The van der Waals surface area contributed by atoms with Crippen molar-refractivity contribution in [3.63, 3.8) is 0 Å². The Hall–Kier alpha value is -2.60. The summed E-state index contributed by atoms with van der Waals surface area (Å²) in [5.41, 5.74) is 1.53. The first kappa shape index (κ1) is 23.1. The number of nitrogens with zero attached hydrogens (tertiary/aromatic N) is 1. The molecule has 0 aromatic heterocycles. The van der Waals surface area contributed by atoms with Gasteiger partial charge in [0.15, 0.2) is 0 Å². The Morgan fingerprint density at radius 2 is 1.68 bits per heavy atom. The van der Waals surface area contributed by atoms with Crippen molar-refractivity contribution in [3.8, 4) is 5.75 Å². The summed E-state index contributed by atoms with van der Waals surface area (Å²) in [5.74, 6) is 0.758. The lowest BCUT2D eigenvalue weighted by molar-refractivity contribution is 0.0165. The van der Waals surface area contributed by atoms with E-state index in [1.165, 1.54) is 5.56 Å². The zero-order valence-corrected chi connectivity index (χ0v) is 19.6. The van der Waals surface area contributed by atoms with Gasteiger partial charge < -0.3 is 19.7 Å². The van der Waals surface area contributed by atoms with Crippen molar-refractivity contribution in [2.45, 2.75) is 44.6 Å². The standard InChI is InChI=1S/C25H32N2O3S/c1-24(2,3)30-23(28)27-16-14-25(15-17-27,19-10-6-5-7-11-19)18-26-22(31)20-12-8-9-13-21(20)29-4/h5-13H,14-18H2,1-4H3,(H,26,31). The average Bonchev–Trinajstić information content (AvgIpc) is 2.77. The summed E-state index contributed by atoms with van der Waals surface area (Å²) < 4.78 is 11.0. The highest BCUT2D eigenvalue weighted by Gasteiger charge is 2.38. The first-order valence-electron chi connectivity index (χ1n) is 10.7. The molecule has 0 atom stereocenters. The van der Waals surface area contributed by atoms with Crippen molar-refractivity contribution in [2.75, 3.05) is 26.7 Å². The summed E-state index contributed by atoms with van der Waals surface area (Å²) in [4.78, 5) is 15.0. The number of amides is 1. The molecule has 6 heteroatoms. The van der Waals surface area contributed by atoms with Gasteiger partial charge in [-0.15, -0.1) is 0 Å². The minimum atomic E-state index is -0.493. The molecular formula is C25H32N2O3S. The SMILES string of the molecule is COc1ccccc1C(=S)NCC1(c2ccccc2)CCN(C(=O)OC(C)(C)C)CC1. The lowest BCUT2D eigenvalue weighted by Crippen LogP contribution is -2.51. The van der Waals surface area contributed by atoms with Crippen LogP contribution in [0.15, 0.2) is 54.6 Å². The van der Waals surface area contributed by atoms with E-state index in [1.54, 1.807) is 7.11 Å². The van der Waals surface area contributed by atoms with Gasteiger partial charge in [-0.2, -0.15) is 0 Å². The third kappa shape index (κ3) is 5.76. The van der Waals surface area contributed by atoms with Gasteiger partial charge in [-0.25, -0.2) is 4.79 Å². The second-order valence-corrected chi connectivity index (χ2v) is 9.40. The van der Waals surface area contributed by atoms with Crippen LogP contribution in [-0.2, 0) is 10.2 Å². The van der Waals surface area contributed by atoms with Gasteiger partial charge in [-0.3, -0.25) is 0 Å². The molecule has 5 nitrogen and oxygen atoms in total. The van der Waals surface area contributed by atoms with Crippen LogP contribution in [0.1, 0.15) is 44.7 Å². The number of hydrogen-bond donors (Lipinski definition) is 1. The lowest BCUT2D eigenvalue weighted by Gasteiger charge is -2.42. The van der Waals surface area contributed by atoms with Crippen LogP contribution in [0, 0.1) is 0 Å². The maximum atomic E-state index is 12.5. The van der Waals surface area contributed by atoms with E-state index in [9.17, 15) is 4.79 Å². The number of carbonyl (C=O) groups is 1. The Morgan fingerprint density at radius 3 is 2.29 bits per heavy atom. The largest absolute Gasteiger partial charge is 0.496 e. The van der Waals surface area contributed by atoms with Crippen molar-refractivity contribution in [1.82, 2.24) is 10.2 Å². The maximum Gasteiger partial charge on any atom is 0.410 e. The third-order valence-corrected chi connectivity index (χ3v) is 6.06. The molecule has 1 N–H and O–H groups in total. The molecule has 31 heavy (non-hydrogen) atoms. The van der Waals surface area contributed by atoms with Gasteiger partial charge in [-0.05, 0) is 51.3 Å². The minimum absolute atomic E-state index is 0.119. The van der Waals surface area contributed by atoms with E-state index < -0.39 is 5.60 Å². The fourth-order valence-electron chi connectivity index (χ4n) is 3.98. The minimum Gasteiger partial charge on any atom is -0.496 e. The Labute approximate surface area is 190 Å². The van der Waals surface area contributed by atoms with E-state index in [4.69, 9.17) is 21.7 Å². The van der Waals surface area contributed by atoms with Gasteiger partial charge >= 0.3 is 6.09 Å². The summed E-state index contributed by atoms with van der Waals surface area (Å²) in [6.45, 7) is 7.67. The van der Waals surface area contributed by atoms with Gasteiger partial charge in [0.05, 0.1) is 12.7 Å². The van der Waals surface area contributed by atoms with Crippen LogP contribution >= 0.6 is 12.2 Å². The molecule has 2 aromatic carbocycles. The molecule has 0 unspecified atom stereocenters. The predicted octanol–water partition coefficient (Wildman–Crippen LogP) is 4.93. The van der Waals surface area contributed by atoms with Crippen LogP contribution in [0.5, 0.6) is 5.75 Å². The molecule has 1 amide bonds. The molecule has 1 aliphatic rings. The number of para-hydroxylation sites is 1. The molecule has 0 radical (unpaired) electrons. The molecular weight excluding hydrogens is 408 g/mol. The fraction of sp³-hybridized carbons (Fsp3) is 0.440. The number of thiocarbonyl (C=S) groups is 1. The first-order chi connectivity index (χ1) is 14.7. The maximum absolute atomic E-state index is 12.5. The third-order valence-electron chi connectivity index (χ3n) is 5.70. The molecule has 1 aliphatic heterocycles. The first-order valence-corrected chi connectivity index (χ1v) is 11.1. The summed E-state index contributed by atoms with van der Waals surface area (Å²) >= 11 is 5.69. The number of methoxy groups -OCH3 is 1. The van der Waals surface area contributed by atoms with Crippen LogP contribution in [0.4, 0.5) is 4.79 Å². The summed E-state index contributed by atoms with van der Waals surface area (Å²) in [6, 6.07) is 18.3. The zero-order chi connectivity index (χ0) is 22.5. The van der Waals surface area contributed by atoms with Crippen LogP contribution in [-0.4, -0.2) is 48.3 Å². The molecule has 166 valence electrons. The molecule has 0 aliphatic carbocycles. The van der Waals surface area contributed by atoms with E-state index in [0.717, 1.165) is 24.2 Å². The second-order valence-electron chi connectivity index (χ2n) is 9.00. The van der Waals surface area contributed by atoms with Gasteiger partial charge in [0, 0.05) is 25.0 Å². The lowest BCUT2D eigenvalue weighted by atomic mass is 9.72. The second kappa shape index (κ2) is 9.69. The fourth-order valence-corrected chi connectivity index (χ4v) is 4.22. The molecule has 1 fully saturated rings. The topological polar surface area (TPSA) is 50.8 Å². The molecule has 2 aromatic rings. The summed E-state index contributed by atoms with van der Waals surface area (Å²) in [6.07, 6.45) is 1.42. The van der Waals surface area contributed by atoms with E-state index in [2.05, 4.69) is 29.6 Å². The number of ether oxygens (including phenoxy) is 2. The van der Waals surface area contributed by atoms with E-state index >= 15 is 0 Å². The summed E-state index contributed by atoms with van der Waals surface area (Å²) in [5, 5.41) is 3.48. The molecule has 0 bridgehead atoms. The Kier molecular flexibility index (Phi) is 7.21. The normalized spacial score (nSPS) is 15.8. The number of hydrogen-bond acceptors (Lipinski definition) is 4. The molecule has 1 heterocycles. The van der Waals surface area contributed by atoms with Crippen molar-refractivity contribution < 1.29 is 14.3 Å². The molecule has 3 rings (SSSR count). The molecule has 0 saturated carbocycles. The Balaban J connectivity index is 1.74. The monoisotopic (exact) mass is 440 g/mol. The number of piperidine rings is 1. The zero-order valence-electron chi connectivity index (χ0n) is 18.8. The predicted molar refractivity (Wildman–Crippen MR) is 128 cm³/mol. The highest BCUT2D eigenvalue weighted by atomic mass is 32.1. The van der Waals surface area contributed by atoms with Crippen LogP contribution in [0.2, 0.25) is 0 Å². The number of likely N-dealkylation sites (tertiary alicyclic amines) is 1. The van der Waals surface area contributed by atoms with Crippen molar-refractivity contribution >= 4 is 23.3 Å². The van der Waals surface area contributed by atoms with Gasteiger partial charge in [0.2, 0.25) is 0 Å². The van der Waals surface area contributed by atoms with Crippen LogP contribution < -0.4 is 10.1 Å². The number of nitrogens with one attached hydrogen (secondary N) is 1. The van der Waals surface area contributed by atoms with Crippen LogP contribution in [0.25, 0.3) is 0 Å². The Morgan fingerprint density at radius 1 is 1.06 bits per heavy atom. The van der Waals surface area contributed by atoms with Gasteiger partial charge in [0.1, 0.15) is 16.3 Å². The highest BCUT2D eigenvalue weighted by Crippen LogP contribution is 2.35. The van der Waals surface area contributed by atoms with Gasteiger partial charge in [0.25, 0.3) is 0 Å². The summed E-state index contributed by atoms with van der Waals surface area (Å²) in [7, 11) is 1.65.